The lowest BCUT2D eigenvalue weighted by molar-refractivity contribution is 0.248. The van der Waals surface area contributed by atoms with Crippen molar-refractivity contribution in [3.63, 3.8) is 0 Å². The molecule has 144 valence electrons. The van der Waals surface area contributed by atoms with E-state index in [0.717, 1.165) is 44.7 Å². The lowest BCUT2D eigenvalue weighted by atomic mass is 10.1. The van der Waals surface area contributed by atoms with Crippen LogP contribution in [0.3, 0.4) is 0 Å². The highest BCUT2D eigenvalue weighted by molar-refractivity contribution is 5.89. The van der Waals surface area contributed by atoms with Crippen LogP contribution in [0.25, 0.3) is 0 Å². The van der Waals surface area contributed by atoms with Gasteiger partial charge in [0.25, 0.3) is 0 Å². The average Bonchev–Trinajstić information content (AvgIpc) is 2.68. The molecule has 2 amide bonds. The number of urea groups is 1. The molecule has 1 saturated heterocycles. The SMILES string of the molecule is C[C@@H](CCc1ccccc1)NC(=O)Nc1ccc(N2CCN(C)CC2)cc1. The van der Waals surface area contributed by atoms with E-state index in [1.54, 1.807) is 0 Å². The van der Waals surface area contributed by atoms with Crippen LogP contribution in [-0.2, 0) is 6.42 Å². The van der Waals surface area contributed by atoms with Gasteiger partial charge in [-0.3, -0.25) is 0 Å². The number of nitrogens with zero attached hydrogens (tertiary/aromatic N) is 2. The van der Waals surface area contributed by atoms with E-state index in [1.807, 2.05) is 37.3 Å². The maximum atomic E-state index is 12.2. The van der Waals surface area contributed by atoms with Gasteiger partial charge >= 0.3 is 6.03 Å². The molecule has 0 saturated carbocycles. The Labute approximate surface area is 162 Å². The van der Waals surface area contributed by atoms with Crippen LogP contribution >= 0.6 is 0 Å². The molecule has 0 spiro atoms. The lowest BCUT2D eigenvalue weighted by Gasteiger charge is -2.34. The summed E-state index contributed by atoms with van der Waals surface area (Å²) in [6.45, 7) is 6.30. The number of anilines is 2. The van der Waals surface area contributed by atoms with Crippen molar-refractivity contribution in [3.05, 3.63) is 60.2 Å². The molecule has 1 atom stereocenters. The Morgan fingerprint density at radius 1 is 1.00 bits per heavy atom. The average molecular weight is 367 g/mol. The number of hydrogen-bond acceptors (Lipinski definition) is 3. The topological polar surface area (TPSA) is 47.6 Å². The Balaban J connectivity index is 1.43. The molecule has 1 aliphatic heterocycles. The van der Waals surface area contributed by atoms with Gasteiger partial charge in [0.2, 0.25) is 0 Å². The Morgan fingerprint density at radius 2 is 1.67 bits per heavy atom. The first kappa shape index (κ1) is 19.2. The molecule has 5 nitrogen and oxygen atoms in total. The van der Waals surface area contributed by atoms with Crippen LogP contribution in [0.5, 0.6) is 0 Å². The van der Waals surface area contributed by atoms with Crippen LogP contribution < -0.4 is 15.5 Å². The van der Waals surface area contributed by atoms with Crippen molar-refractivity contribution in [2.24, 2.45) is 0 Å². The Kier molecular flexibility index (Phi) is 6.71. The molecule has 0 aliphatic carbocycles. The zero-order valence-electron chi connectivity index (χ0n) is 16.3. The number of aryl methyl sites for hydroxylation is 1. The summed E-state index contributed by atoms with van der Waals surface area (Å²) in [6.07, 6.45) is 1.88. The van der Waals surface area contributed by atoms with Gasteiger partial charge in [-0.15, -0.1) is 0 Å². The number of rotatable bonds is 6. The summed E-state index contributed by atoms with van der Waals surface area (Å²) >= 11 is 0. The first-order valence-corrected chi connectivity index (χ1v) is 9.75. The second-order valence-electron chi connectivity index (χ2n) is 7.36. The summed E-state index contributed by atoms with van der Waals surface area (Å²) in [5.74, 6) is 0. The van der Waals surface area contributed by atoms with Crippen molar-refractivity contribution < 1.29 is 4.79 Å². The van der Waals surface area contributed by atoms with E-state index in [1.165, 1.54) is 11.3 Å². The van der Waals surface area contributed by atoms with Crippen LogP contribution in [0.2, 0.25) is 0 Å². The highest BCUT2D eigenvalue weighted by Gasteiger charge is 2.14. The van der Waals surface area contributed by atoms with E-state index < -0.39 is 0 Å². The molecule has 2 aromatic rings. The first-order chi connectivity index (χ1) is 13.1. The van der Waals surface area contributed by atoms with E-state index in [0.29, 0.717) is 0 Å². The van der Waals surface area contributed by atoms with Gasteiger partial charge in [0.15, 0.2) is 0 Å². The normalized spacial score (nSPS) is 16.0. The van der Waals surface area contributed by atoms with Crippen molar-refractivity contribution in [2.45, 2.75) is 25.8 Å². The number of piperazine rings is 1. The van der Waals surface area contributed by atoms with Gasteiger partial charge in [0.1, 0.15) is 0 Å². The lowest BCUT2D eigenvalue weighted by Crippen LogP contribution is -2.44. The van der Waals surface area contributed by atoms with Gasteiger partial charge in [-0.1, -0.05) is 30.3 Å². The molecular weight excluding hydrogens is 336 g/mol. The molecule has 3 rings (SSSR count). The van der Waals surface area contributed by atoms with Gasteiger partial charge < -0.3 is 20.4 Å². The summed E-state index contributed by atoms with van der Waals surface area (Å²) in [6, 6.07) is 18.4. The fourth-order valence-electron chi connectivity index (χ4n) is 3.31. The summed E-state index contributed by atoms with van der Waals surface area (Å²) in [5, 5.41) is 5.95. The second kappa shape index (κ2) is 9.42. The van der Waals surface area contributed by atoms with Crippen molar-refractivity contribution in [3.8, 4) is 0 Å². The molecule has 27 heavy (non-hydrogen) atoms. The van der Waals surface area contributed by atoms with Gasteiger partial charge in [-0.2, -0.15) is 0 Å². The van der Waals surface area contributed by atoms with Gasteiger partial charge in [0, 0.05) is 43.6 Å². The molecule has 5 heteroatoms. The van der Waals surface area contributed by atoms with Crippen molar-refractivity contribution >= 4 is 17.4 Å². The standard InChI is InChI=1S/C22H30N4O/c1-18(8-9-19-6-4-3-5-7-19)23-22(27)24-20-10-12-21(13-11-20)26-16-14-25(2)15-17-26/h3-7,10-13,18H,8-9,14-17H2,1-2H3,(H2,23,24,27)/t18-/m0/s1. The Bertz CT molecular complexity index is 709. The number of hydrogen-bond donors (Lipinski definition) is 2. The minimum absolute atomic E-state index is 0.120. The molecule has 0 unspecified atom stereocenters. The van der Waals surface area contributed by atoms with E-state index in [4.69, 9.17) is 0 Å². The summed E-state index contributed by atoms with van der Waals surface area (Å²) in [4.78, 5) is 16.9. The summed E-state index contributed by atoms with van der Waals surface area (Å²) < 4.78 is 0. The number of likely N-dealkylation sites (N-methyl/N-ethyl adjacent to an activating group) is 1. The zero-order valence-corrected chi connectivity index (χ0v) is 16.3. The third kappa shape index (κ3) is 6.00. The van der Waals surface area contributed by atoms with Gasteiger partial charge in [-0.05, 0) is 56.6 Å². The van der Waals surface area contributed by atoms with E-state index in [2.05, 4.69) is 51.7 Å². The number of benzene rings is 2. The molecule has 0 bridgehead atoms. The van der Waals surface area contributed by atoms with E-state index in [9.17, 15) is 4.79 Å². The highest BCUT2D eigenvalue weighted by atomic mass is 16.2. The van der Waals surface area contributed by atoms with Gasteiger partial charge in [-0.25, -0.2) is 4.79 Å². The van der Waals surface area contributed by atoms with Crippen LogP contribution in [-0.4, -0.2) is 50.2 Å². The molecule has 1 heterocycles. The zero-order chi connectivity index (χ0) is 19.1. The predicted molar refractivity (Wildman–Crippen MR) is 113 cm³/mol. The molecule has 0 radical (unpaired) electrons. The predicted octanol–water partition coefficient (Wildman–Crippen LogP) is 3.58. The minimum Gasteiger partial charge on any atom is -0.369 e. The molecule has 1 fully saturated rings. The largest absolute Gasteiger partial charge is 0.369 e. The second-order valence-corrected chi connectivity index (χ2v) is 7.36. The van der Waals surface area contributed by atoms with Gasteiger partial charge in [0.05, 0.1) is 0 Å². The van der Waals surface area contributed by atoms with Crippen LogP contribution in [0.4, 0.5) is 16.2 Å². The molecular formula is C22H30N4O. The number of nitrogens with one attached hydrogen (secondary N) is 2. The van der Waals surface area contributed by atoms with Crippen molar-refractivity contribution in [1.82, 2.24) is 10.2 Å². The Morgan fingerprint density at radius 3 is 2.33 bits per heavy atom. The van der Waals surface area contributed by atoms with Crippen molar-refractivity contribution in [2.75, 3.05) is 43.4 Å². The molecule has 2 aromatic carbocycles. The third-order valence-corrected chi connectivity index (χ3v) is 5.08. The molecule has 0 aromatic heterocycles. The van der Waals surface area contributed by atoms with Crippen LogP contribution in [0, 0.1) is 0 Å². The summed E-state index contributed by atoms with van der Waals surface area (Å²) in [7, 11) is 2.16. The number of carbonyl (C=O) groups is 1. The fourth-order valence-corrected chi connectivity index (χ4v) is 3.31. The van der Waals surface area contributed by atoms with Crippen molar-refractivity contribution in [1.29, 1.82) is 0 Å². The first-order valence-electron chi connectivity index (χ1n) is 9.75. The monoisotopic (exact) mass is 366 g/mol. The maximum absolute atomic E-state index is 12.2. The fraction of sp³-hybridized carbons (Fsp3) is 0.409. The minimum atomic E-state index is -0.150. The third-order valence-electron chi connectivity index (χ3n) is 5.08. The van der Waals surface area contributed by atoms with Crippen LogP contribution in [0.15, 0.2) is 54.6 Å². The Hall–Kier alpha value is -2.53. The smallest absolute Gasteiger partial charge is 0.319 e. The molecule has 2 N–H and O–H groups in total. The quantitative estimate of drug-likeness (QED) is 0.821. The molecule has 1 aliphatic rings. The van der Waals surface area contributed by atoms with E-state index in [-0.39, 0.29) is 12.1 Å². The van der Waals surface area contributed by atoms with E-state index >= 15 is 0 Å². The number of amides is 2. The maximum Gasteiger partial charge on any atom is 0.319 e. The highest BCUT2D eigenvalue weighted by Crippen LogP contribution is 2.19. The summed E-state index contributed by atoms with van der Waals surface area (Å²) in [5.41, 5.74) is 3.33. The number of carbonyl (C=O) groups excluding carboxylic acids is 1. The van der Waals surface area contributed by atoms with Crippen LogP contribution in [0.1, 0.15) is 18.9 Å².